The minimum Gasteiger partial charge on any atom is -0.392 e. The summed E-state index contributed by atoms with van der Waals surface area (Å²) in [7, 11) is 0. The molecule has 2 N–H and O–H groups in total. The number of hydrogen-bond acceptors (Lipinski definition) is 4. The molecule has 0 bridgehead atoms. The highest BCUT2D eigenvalue weighted by Crippen LogP contribution is 2.32. The van der Waals surface area contributed by atoms with Crippen LogP contribution in [0.15, 0.2) is 24.3 Å². The van der Waals surface area contributed by atoms with E-state index < -0.39 is 4.92 Å². The molecule has 0 unspecified atom stereocenters. The highest BCUT2D eigenvalue weighted by Gasteiger charge is 2.20. The fraction of sp³-hybridized carbons (Fsp3) is 0.100. The molecule has 0 aliphatic carbocycles. The van der Waals surface area contributed by atoms with E-state index in [2.05, 4.69) is 4.98 Å². The highest BCUT2D eigenvalue weighted by molar-refractivity contribution is 6.17. The summed E-state index contributed by atoms with van der Waals surface area (Å²) in [6.45, 7) is 0. The molecule has 0 radical (unpaired) electrons. The molecule has 82 valence electrons. The predicted octanol–water partition coefficient (Wildman–Crippen LogP) is 2.46. The van der Waals surface area contributed by atoms with Crippen molar-refractivity contribution in [3.8, 4) is 0 Å². The molecule has 1 aromatic carbocycles. The first-order chi connectivity index (χ1) is 7.65. The zero-order valence-corrected chi connectivity index (χ0v) is 8.94. The molecule has 1 aromatic heterocycles. The first-order valence-electron chi connectivity index (χ1n) is 4.52. The monoisotopic (exact) mass is 237 g/mol. The Balaban J connectivity index is 2.91. The van der Waals surface area contributed by atoms with Gasteiger partial charge in [0.25, 0.3) is 0 Å². The maximum absolute atomic E-state index is 11.0. The Morgan fingerprint density at radius 2 is 2.12 bits per heavy atom. The van der Waals surface area contributed by atoms with Crippen molar-refractivity contribution in [1.82, 2.24) is 4.98 Å². The van der Waals surface area contributed by atoms with Crippen LogP contribution in [0.25, 0.3) is 10.9 Å². The number of nitrogen functional groups attached to an aromatic ring is 1. The molecule has 2 rings (SSSR count). The van der Waals surface area contributed by atoms with Crippen LogP contribution in [0.3, 0.4) is 0 Å². The van der Waals surface area contributed by atoms with Crippen molar-refractivity contribution in [2.75, 3.05) is 5.73 Å². The van der Waals surface area contributed by atoms with Crippen molar-refractivity contribution < 1.29 is 4.92 Å². The summed E-state index contributed by atoms with van der Waals surface area (Å²) in [4.78, 5) is 14.6. The predicted molar refractivity (Wildman–Crippen MR) is 62.4 cm³/mol. The van der Waals surface area contributed by atoms with Crippen LogP contribution in [0.4, 0.5) is 11.4 Å². The van der Waals surface area contributed by atoms with Crippen molar-refractivity contribution in [1.29, 1.82) is 0 Å². The van der Waals surface area contributed by atoms with Crippen LogP contribution >= 0.6 is 11.6 Å². The number of fused-ring (bicyclic) bond motifs is 1. The minimum atomic E-state index is -0.505. The van der Waals surface area contributed by atoms with E-state index in [9.17, 15) is 10.1 Å². The van der Waals surface area contributed by atoms with Gasteiger partial charge in [0.1, 0.15) is 5.69 Å². The molecule has 0 aliphatic rings. The van der Waals surface area contributed by atoms with Gasteiger partial charge in [0, 0.05) is 0 Å². The maximum atomic E-state index is 11.0. The van der Waals surface area contributed by atoms with E-state index in [4.69, 9.17) is 17.3 Å². The molecule has 0 aliphatic heterocycles. The molecule has 1 heterocycles. The number of aromatic nitrogens is 1. The van der Waals surface area contributed by atoms with E-state index in [1.807, 2.05) is 0 Å². The number of para-hydroxylation sites is 1. The van der Waals surface area contributed by atoms with Crippen molar-refractivity contribution in [2.45, 2.75) is 5.88 Å². The van der Waals surface area contributed by atoms with Gasteiger partial charge in [-0.15, -0.1) is 11.6 Å². The number of benzene rings is 1. The molecule has 5 nitrogen and oxygen atoms in total. The largest absolute Gasteiger partial charge is 0.392 e. The number of rotatable bonds is 2. The van der Waals surface area contributed by atoms with Gasteiger partial charge >= 0.3 is 5.69 Å². The smallest absolute Gasteiger partial charge is 0.303 e. The van der Waals surface area contributed by atoms with Gasteiger partial charge in [0.05, 0.1) is 27.4 Å². The summed E-state index contributed by atoms with van der Waals surface area (Å²) < 4.78 is 0. The molecule has 6 heteroatoms. The van der Waals surface area contributed by atoms with E-state index in [1.165, 1.54) is 0 Å². The van der Waals surface area contributed by atoms with Gasteiger partial charge in [0.2, 0.25) is 0 Å². The van der Waals surface area contributed by atoms with Gasteiger partial charge in [-0.2, -0.15) is 0 Å². The second kappa shape index (κ2) is 3.94. The van der Waals surface area contributed by atoms with E-state index in [0.29, 0.717) is 16.6 Å². The number of hydrogen-bond donors (Lipinski definition) is 1. The SMILES string of the molecule is Nc1c(CCl)nc2ccccc2c1[N+](=O)[O-]. The number of nitrogens with zero attached hydrogens (tertiary/aromatic N) is 2. The van der Waals surface area contributed by atoms with Crippen LogP contribution in [0, 0.1) is 10.1 Å². The Hall–Kier alpha value is -1.88. The van der Waals surface area contributed by atoms with Crippen LogP contribution in [0.2, 0.25) is 0 Å². The molecule has 0 spiro atoms. The van der Waals surface area contributed by atoms with Crippen molar-refractivity contribution in [3.05, 3.63) is 40.1 Å². The molecule has 0 fully saturated rings. The maximum Gasteiger partial charge on any atom is 0.303 e. The van der Waals surface area contributed by atoms with E-state index >= 15 is 0 Å². The minimum absolute atomic E-state index is 0.0405. The van der Waals surface area contributed by atoms with Crippen LogP contribution in [-0.2, 0) is 5.88 Å². The summed E-state index contributed by atoms with van der Waals surface area (Å²) in [6, 6.07) is 6.77. The molecule has 0 atom stereocenters. The van der Waals surface area contributed by atoms with Gasteiger partial charge in [-0.05, 0) is 12.1 Å². The van der Waals surface area contributed by atoms with Gasteiger partial charge < -0.3 is 5.73 Å². The van der Waals surface area contributed by atoms with Gasteiger partial charge in [-0.1, -0.05) is 12.1 Å². The quantitative estimate of drug-likeness (QED) is 0.494. The van der Waals surface area contributed by atoms with Crippen molar-refractivity contribution >= 4 is 33.9 Å². The second-order valence-corrected chi connectivity index (χ2v) is 3.50. The molecular formula is C10H8ClN3O2. The summed E-state index contributed by atoms with van der Waals surface area (Å²) >= 11 is 5.64. The average molecular weight is 238 g/mol. The fourth-order valence-corrected chi connectivity index (χ4v) is 1.76. The lowest BCUT2D eigenvalue weighted by Gasteiger charge is -2.05. The topological polar surface area (TPSA) is 82.0 Å². The summed E-state index contributed by atoms with van der Waals surface area (Å²) in [5.41, 5.74) is 6.46. The summed E-state index contributed by atoms with van der Waals surface area (Å²) in [6.07, 6.45) is 0. The lowest BCUT2D eigenvalue weighted by molar-refractivity contribution is -0.382. The Morgan fingerprint density at radius 1 is 1.44 bits per heavy atom. The number of anilines is 1. The number of halogens is 1. The lowest BCUT2D eigenvalue weighted by Crippen LogP contribution is -2.03. The molecule has 0 amide bonds. The highest BCUT2D eigenvalue weighted by atomic mass is 35.5. The number of nitrogens with two attached hydrogens (primary N) is 1. The second-order valence-electron chi connectivity index (χ2n) is 3.23. The fourth-order valence-electron chi connectivity index (χ4n) is 1.56. The van der Waals surface area contributed by atoms with Crippen LogP contribution in [-0.4, -0.2) is 9.91 Å². The molecular weight excluding hydrogens is 230 g/mol. The Kier molecular flexibility index (Phi) is 2.62. The zero-order valence-electron chi connectivity index (χ0n) is 8.18. The summed E-state index contributed by atoms with van der Waals surface area (Å²) in [5, 5.41) is 11.4. The Bertz CT molecular complexity index is 571. The number of nitro groups is 1. The van der Waals surface area contributed by atoms with Crippen LogP contribution < -0.4 is 5.73 Å². The molecule has 16 heavy (non-hydrogen) atoms. The van der Waals surface area contributed by atoms with Gasteiger partial charge in [-0.3, -0.25) is 10.1 Å². The van der Waals surface area contributed by atoms with Crippen molar-refractivity contribution in [3.63, 3.8) is 0 Å². The van der Waals surface area contributed by atoms with Crippen LogP contribution in [0.5, 0.6) is 0 Å². The van der Waals surface area contributed by atoms with Gasteiger partial charge in [-0.25, -0.2) is 4.98 Å². The average Bonchev–Trinajstić information content (AvgIpc) is 2.27. The first kappa shape index (κ1) is 10.6. The number of pyridine rings is 1. The summed E-state index contributed by atoms with van der Waals surface area (Å²) in [5.74, 6) is 0.0531. The van der Waals surface area contributed by atoms with E-state index in [-0.39, 0.29) is 17.3 Å². The first-order valence-corrected chi connectivity index (χ1v) is 5.06. The zero-order chi connectivity index (χ0) is 11.7. The number of alkyl halides is 1. The Morgan fingerprint density at radius 3 is 2.75 bits per heavy atom. The molecule has 2 aromatic rings. The normalized spacial score (nSPS) is 10.6. The molecule has 0 saturated carbocycles. The van der Waals surface area contributed by atoms with E-state index in [1.54, 1.807) is 24.3 Å². The van der Waals surface area contributed by atoms with Crippen LogP contribution in [0.1, 0.15) is 5.69 Å². The van der Waals surface area contributed by atoms with Gasteiger partial charge in [0.15, 0.2) is 0 Å². The van der Waals surface area contributed by atoms with Crippen molar-refractivity contribution in [2.24, 2.45) is 0 Å². The third kappa shape index (κ3) is 1.55. The van der Waals surface area contributed by atoms with E-state index in [0.717, 1.165) is 0 Å². The lowest BCUT2D eigenvalue weighted by atomic mass is 10.1. The standard InChI is InChI=1S/C10H8ClN3O2/c11-5-8-9(12)10(14(15)16)6-3-1-2-4-7(6)13-8/h1-4H,5,12H2. The molecule has 0 saturated heterocycles. The Labute approximate surface area is 96.0 Å². The third-order valence-electron chi connectivity index (χ3n) is 2.29. The third-order valence-corrected chi connectivity index (χ3v) is 2.54.